The first-order chi connectivity index (χ1) is 13.7. The third kappa shape index (κ3) is 5.54. The molecule has 28 heavy (non-hydrogen) atoms. The normalized spacial score (nSPS) is 14.9. The van der Waals surface area contributed by atoms with Gasteiger partial charge in [-0.1, -0.05) is 6.08 Å². The maximum Gasteiger partial charge on any atom is 0.213 e. The number of nitrogens with one attached hydrogen (secondary N) is 2. The maximum atomic E-state index is 14.2. The van der Waals surface area contributed by atoms with Crippen molar-refractivity contribution in [2.24, 2.45) is 4.99 Å². The van der Waals surface area contributed by atoms with Crippen LogP contribution in [0.4, 0.5) is 4.39 Å². The first kappa shape index (κ1) is 20.3. The van der Waals surface area contributed by atoms with Gasteiger partial charge >= 0.3 is 0 Å². The average Bonchev–Trinajstić information content (AvgIpc) is 2.72. The third-order valence-corrected chi connectivity index (χ3v) is 4.55. The van der Waals surface area contributed by atoms with Crippen LogP contribution in [-0.4, -0.2) is 60.2 Å². The minimum absolute atomic E-state index is 0.389. The average molecular weight is 387 g/mol. The van der Waals surface area contributed by atoms with E-state index in [0.29, 0.717) is 55.1 Å². The quantitative estimate of drug-likeness (QED) is 0.537. The number of pyridine rings is 2. The van der Waals surface area contributed by atoms with Gasteiger partial charge in [0.25, 0.3) is 0 Å². The van der Waals surface area contributed by atoms with E-state index in [2.05, 4.69) is 25.6 Å². The molecule has 8 heteroatoms. The second kappa shape index (κ2) is 10.2. The van der Waals surface area contributed by atoms with Crippen molar-refractivity contribution < 1.29 is 14.2 Å². The summed E-state index contributed by atoms with van der Waals surface area (Å²) in [4.78, 5) is 12.7. The molecule has 0 saturated heterocycles. The molecule has 1 aliphatic heterocycles. The van der Waals surface area contributed by atoms with Gasteiger partial charge in [0.15, 0.2) is 0 Å². The molecule has 3 rings (SSSR count). The maximum absolute atomic E-state index is 14.2. The van der Waals surface area contributed by atoms with Crippen LogP contribution in [0.25, 0.3) is 11.0 Å². The highest BCUT2D eigenvalue weighted by molar-refractivity contribution is 5.87. The fraction of sp³-hybridized carbons (Fsp3) is 0.450. The van der Waals surface area contributed by atoms with Crippen molar-refractivity contribution in [2.45, 2.75) is 25.4 Å². The number of fused-ring (bicyclic) bond motifs is 1. The molecule has 3 heterocycles. The molecular weight excluding hydrogens is 361 g/mol. The zero-order chi connectivity index (χ0) is 19.8. The van der Waals surface area contributed by atoms with Crippen molar-refractivity contribution in [3.8, 4) is 5.88 Å². The lowest BCUT2D eigenvalue weighted by molar-refractivity contribution is 0.170. The smallest absolute Gasteiger partial charge is 0.213 e. The SMILES string of the molecule is COc1ccc2ncc(F)c(CCNCC(O)CNCC3=NC=CCC3)c2n1. The van der Waals surface area contributed by atoms with Crippen LogP contribution in [0.15, 0.2) is 35.6 Å². The molecule has 7 nitrogen and oxygen atoms in total. The molecule has 1 atom stereocenters. The third-order valence-electron chi connectivity index (χ3n) is 4.55. The summed E-state index contributed by atoms with van der Waals surface area (Å²) in [5, 5.41) is 16.5. The largest absolute Gasteiger partial charge is 0.481 e. The number of hydrogen-bond acceptors (Lipinski definition) is 7. The van der Waals surface area contributed by atoms with Crippen molar-refractivity contribution in [2.75, 3.05) is 33.3 Å². The highest BCUT2D eigenvalue weighted by atomic mass is 19.1. The number of methoxy groups -OCH3 is 1. The summed E-state index contributed by atoms with van der Waals surface area (Å²) in [6.45, 7) is 2.09. The second-order valence-electron chi connectivity index (χ2n) is 6.66. The van der Waals surface area contributed by atoms with Crippen LogP contribution >= 0.6 is 0 Å². The summed E-state index contributed by atoms with van der Waals surface area (Å²) in [6, 6.07) is 3.47. The van der Waals surface area contributed by atoms with Gasteiger partial charge < -0.3 is 20.5 Å². The van der Waals surface area contributed by atoms with Crippen molar-refractivity contribution in [3.05, 3.63) is 42.0 Å². The van der Waals surface area contributed by atoms with Gasteiger partial charge in [-0.15, -0.1) is 0 Å². The van der Waals surface area contributed by atoms with Crippen LogP contribution in [0, 0.1) is 5.82 Å². The van der Waals surface area contributed by atoms with E-state index in [1.54, 1.807) is 12.1 Å². The lowest BCUT2D eigenvalue weighted by atomic mass is 10.1. The van der Waals surface area contributed by atoms with E-state index >= 15 is 0 Å². The van der Waals surface area contributed by atoms with Gasteiger partial charge in [-0.3, -0.25) is 9.98 Å². The Kier molecular flexibility index (Phi) is 7.41. The molecule has 1 aliphatic rings. The molecule has 0 aliphatic carbocycles. The van der Waals surface area contributed by atoms with Gasteiger partial charge in [-0.25, -0.2) is 9.37 Å². The van der Waals surface area contributed by atoms with Crippen LogP contribution < -0.4 is 15.4 Å². The van der Waals surface area contributed by atoms with Crippen molar-refractivity contribution in [1.82, 2.24) is 20.6 Å². The van der Waals surface area contributed by atoms with Crippen LogP contribution in [0.1, 0.15) is 18.4 Å². The van der Waals surface area contributed by atoms with Crippen LogP contribution in [0.2, 0.25) is 0 Å². The summed E-state index contributed by atoms with van der Waals surface area (Å²) in [7, 11) is 1.52. The Morgan fingerprint density at radius 3 is 2.93 bits per heavy atom. The predicted octanol–water partition coefficient (Wildman–Crippen LogP) is 1.61. The Morgan fingerprint density at radius 1 is 1.29 bits per heavy atom. The number of aromatic nitrogens is 2. The predicted molar refractivity (Wildman–Crippen MR) is 107 cm³/mol. The Labute approximate surface area is 163 Å². The second-order valence-corrected chi connectivity index (χ2v) is 6.66. The fourth-order valence-electron chi connectivity index (χ4n) is 3.05. The summed E-state index contributed by atoms with van der Waals surface area (Å²) >= 11 is 0. The summed E-state index contributed by atoms with van der Waals surface area (Å²) in [5.41, 5.74) is 2.73. The van der Waals surface area contributed by atoms with Gasteiger partial charge in [0.1, 0.15) is 5.82 Å². The van der Waals surface area contributed by atoms with Crippen LogP contribution in [0.5, 0.6) is 5.88 Å². The zero-order valence-electron chi connectivity index (χ0n) is 16.0. The van der Waals surface area contributed by atoms with Crippen molar-refractivity contribution in [3.63, 3.8) is 0 Å². The van der Waals surface area contributed by atoms with E-state index in [1.807, 2.05) is 12.3 Å². The number of allylic oxidation sites excluding steroid dienone is 1. The lowest BCUT2D eigenvalue weighted by Gasteiger charge is -2.14. The monoisotopic (exact) mass is 387 g/mol. The van der Waals surface area contributed by atoms with E-state index in [-0.39, 0.29) is 5.82 Å². The number of ether oxygens (including phenoxy) is 1. The highest BCUT2D eigenvalue weighted by Crippen LogP contribution is 2.21. The van der Waals surface area contributed by atoms with Crippen molar-refractivity contribution >= 4 is 16.7 Å². The van der Waals surface area contributed by atoms with Gasteiger partial charge in [-0.2, -0.15) is 0 Å². The Morgan fingerprint density at radius 2 is 2.14 bits per heavy atom. The number of hydrogen-bond donors (Lipinski definition) is 3. The molecule has 1 unspecified atom stereocenters. The minimum atomic E-state index is -0.531. The number of aliphatic hydroxyl groups is 1. The Balaban J connectivity index is 1.45. The molecule has 0 amide bonds. The van der Waals surface area contributed by atoms with E-state index in [9.17, 15) is 9.50 Å². The summed E-state index contributed by atoms with van der Waals surface area (Å²) < 4.78 is 19.4. The number of halogens is 1. The topological polar surface area (TPSA) is 91.7 Å². The zero-order valence-corrected chi connectivity index (χ0v) is 16.0. The van der Waals surface area contributed by atoms with Gasteiger partial charge in [0.2, 0.25) is 5.88 Å². The molecule has 0 spiro atoms. The minimum Gasteiger partial charge on any atom is -0.481 e. The molecule has 2 aromatic rings. The first-order valence-corrected chi connectivity index (χ1v) is 9.45. The molecule has 150 valence electrons. The van der Waals surface area contributed by atoms with E-state index < -0.39 is 6.10 Å². The number of aliphatic imine (C=N–C) groups is 1. The Bertz CT molecular complexity index is 856. The van der Waals surface area contributed by atoms with E-state index in [0.717, 1.165) is 18.6 Å². The summed E-state index contributed by atoms with van der Waals surface area (Å²) in [5.74, 6) is 0.0354. The lowest BCUT2D eigenvalue weighted by Crippen LogP contribution is -2.38. The highest BCUT2D eigenvalue weighted by Gasteiger charge is 2.12. The van der Waals surface area contributed by atoms with Crippen LogP contribution in [-0.2, 0) is 6.42 Å². The molecule has 0 saturated carbocycles. The molecule has 2 aromatic heterocycles. The standard InChI is InChI=1S/C20H26FN5O2/c1-28-19-6-5-18-20(26-19)16(17(21)13-25-18)7-9-22-11-15(27)12-23-10-14-4-2-3-8-24-14/h3,5-6,8,13,15,22-23,27H,2,4,7,9-12H2,1H3. The molecule has 0 radical (unpaired) electrons. The van der Waals surface area contributed by atoms with E-state index in [1.165, 1.54) is 13.3 Å². The van der Waals surface area contributed by atoms with Gasteiger partial charge in [0.05, 0.1) is 30.4 Å². The molecule has 3 N–H and O–H groups in total. The first-order valence-electron chi connectivity index (χ1n) is 9.45. The Hall–Kier alpha value is -2.42. The molecule has 0 aromatic carbocycles. The van der Waals surface area contributed by atoms with Gasteiger partial charge in [0, 0.05) is 43.2 Å². The van der Waals surface area contributed by atoms with Crippen molar-refractivity contribution in [1.29, 1.82) is 0 Å². The fourth-order valence-corrected chi connectivity index (χ4v) is 3.05. The summed E-state index contributed by atoms with van der Waals surface area (Å²) in [6.07, 6.45) is 6.97. The van der Waals surface area contributed by atoms with Gasteiger partial charge in [-0.05, 0) is 31.9 Å². The van der Waals surface area contributed by atoms with Crippen LogP contribution in [0.3, 0.4) is 0 Å². The number of rotatable bonds is 10. The van der Waals surface area contributed by atoms with E-state index in [4.69, 9.17) is 4.74 Å². The molecule has 0 fully saturated rings. The number of aliphatic hydroxyl groups excluding tert-OH is 1. The molecule has 0 bridgehead atoms. The number of nitrogens with zero attached hydrogens (tertiary/aromatic N) is 3. The molecular formula is C20H26FN5O2.